The molecule has 0 unspecified atom stereocenters. The lowest BCUT2D eigenvalue weighted by Gasteiger charge is -2.09. The van der Waals surface area contributed by atoms with Gasteiger partial charge in [0.2, 0.25) is 0 Å². The molecule has 2 aromatic carbocycles. The number of benzene rings is 2. The third-order valence-corrected chi connectivity index (χ3v) is 4.17. The zero-order valence-electron chi connectivity index (χ0n) is 12.5. The molecule has 6 heteroatoms. The predicted molar refractivity (Wildman–Crippen MR) is 86.6 cm³/mol. The fourth-order valence-corrected chi connectivity index (χ4v) is 2.65. The lowest BCUT2D eigenvalue weighted by atomic mass is 10.1. The van der Waals surface area contributed by atoms with Crippen LogP contribution >= 0.6 is 0 Å². The molecule has 0 spiro atoms. The number of hydrogen-bond donors (Lipinski definition) is 2. The quantitative estimate of drug-likeness (QED) is 0.910. The summed E-state index contributed by atoms with van der Waals surface area (Å²) in [6.07, 6.45) is 1.13. The first-order valence-electron chi connectivity index (χ1n) is 6.75. The molecule has 0 aliphatic carbocycles. The summed E-state index contributed by atoms with van der Waals surface area (Å²) in [5.74, 6) is 0. The van der Waals surface area contributed by atoms with Crippen LogP contribution in [0.15, 0.2) is 53.4 Å². The first-order valence-corrected chi connectivity index (χ1v) is 8.64. The van der Waals surface area contributed by atoms with Crippen LogP contribution in [-0.2, 0) is 16.4 Å². The molecule has 5 nitrogen and oxygen atoms in total. The van der Waals surface area contributed by atoms with Gasteiger partial charge in [-0.2, -0.15) is 0 Å². The van der Waals surface area contributed by atoms with Gasteiger partial charge in [-0.05, 0) is 30.7 Å². The molecule has 2 aromatic rings. The van der Waals surface area contributed by atoms with Crippen molar-refractivity contribution in [3.8, 4) is 0 Å². The number of rotatable bonds is 4. The lowest BCUT2D eigenvalue weighted by molar-refractivity contribution is 0.251. The van der Waals surface area contributed by atoms with E-state index < -0.39 is 9.84 Å². The van der Waals surface area contributed by atoms with Gasteiger partial charge in [0.05, 0.1) is 4.90 Å². The number of carbonyl (C=O) groups excluding carboxylic acids is 1. The van der Waals surface area contributed by atoms with Gasteiger partial charge in [-0.15, -0.1) is 0 Å². The maximum atomic E-state index is 11.9. The number of nitrogens with one attached hydrogen (secondary N) is 2. The van der Waals surface area contributed by atoms with Gasteiger partial charge < -0.3 is 10.6 Å². The summed E-state index contributed by atoms with van der Waals surface area (Å²) in [5, 5.41) is 5.36. The van der Waals surface area contributed by atoms with Gasteiger partial charge in [0.15, 0.2) is 9.84 Å². The van der Waals surface area contributed by atoms with E-state index in [2.05, 4.69) is 10.6 Å². The molecule has 0 bridgehead atoms. The Labute approximate surface area is 130 Å². The summed E-state index contributed by atoms with van der Waals surface area (Å²) in [7, 11) is -3.29. The van der Waals surface area contributed by atoms with Crippen molar-refractivity contribution >= 4 is 21.6 Å². The summed E-state index contributed by atoms with van der Waals surface area (Å²) < 4.78 is 23.0. The summed E-state index contributed by atoms with van der Waals surface area (Å²) in [5.41, 5.74) is 2.56. The van der Waals surface area contributed by atoms with Crippen LogP contribution in [0, 0.1) is 6.92 Å². The first kappa shape index (κ1) is 16.0. The van der Waals surface area contributed by atoms with Crippen LogP contribution in [0.25, 0.3) is 0 Å². The van der Waals surface area contributed by atoms with E-state index >= 15 is 0 Å². The van der Waals surface area contributed by atoms with Crippen molar-refractivity contribution in [1.82, 2.24) is 5.32 Å². The highest BCUT2D eigenvalue weighted by Crippen LogP contribution is 2.15. The smallest absolute Gasteiger partial charge is 0.319 e. The average Bonchev–Trinajstić information content (AvgIpc) is 2.45. The molecular weight excluding hydrogens is 300 g/mol. The third-order valence-electron chi connectivity index (χ3n) is 3.06. The van der Waals surface area contributed by atoms with E-state index in [1.54, 1.807) is 12.1 Å². The maximum Gasteiger partial charge on any atom is 0.319 e. The Hall–Kier alpha value is -2.34. The molecule has 0 saturated carbocycles. The number of aryl methyl sites for hydroxylation is 1. The SMILES string of the molecule is Cc1cccc(CNC(=O)Nc2cccc(S(C)(=O)=O)c2)c1. The van der Waals surface area contributed by atoms with E-state index in [9.17, 15) is 13.2 Å². The molecule has 0 saturated heterocycles. The average molecular weight is 318 g/mol. The van der Waals surface area contributed by atoms with E-state index in [-0.39, 0.29) is 10.9 Å². The van der Waals surface area contributed by atoms with E-state index in [0.717, 1.165) is 17.4 Å². The lowest BCUT2D eigenvalue weighted by Crippen LogP contribution is -2.28. The van der Waals surface area contributed by atoms with Crippen LogP contribution in [0.5, 0.6) is 0 Å². The minimum absolute atomic E-state index is 0.170. The predicted octanol–water partition coefficient (Wildman–Crippen LogP) is 2.72. The molecule has 0 aromatic heterocycles. The van der Waals surface area contributed by atoms with Crippen molar-refractivity contribution in [2.45, 2.75) is 18.4 Å². The Morgan fingerprint density at radius 3 is 2.50 bits per heavy atom. The second-order valence-electron chi connectivity index (χ2n) is 5.10. The normalized spacial score (nSPS) is 11.0. The summed E-state index contributed by atoms with van der Waals surface area (Å²) in [6.45, 7) is 2.39. The Bertz CT molecular complexity index is 785. The number of carbonyl (C=O) groups is 1. The van der Waals surface area contributed by atoms with Gasteiger partial charge in [-0.3, -0.25) is 0 Å². The van der Waals surface area contributed by atoms with Crippen LogP contribution in [0.2, 0.25) is 0 Å². The number of sulfone groups is 1. The number of anilines is 1. The minimum atomic E-state index is -3.29. The Morgan fingerprint density at radius 1 is 1.09 bits per heavy atom. The standard InChI is InChI=1S/C16H18N2O3S/c1-12-5-3-6-13(9-12)11-17-16(19)18-14-7-4-8-15(10-14)22(2,20)21/h3-10H,11H2,1-2H3,(H2,17,18,19). The van der Waals surface area contributed by atoms with Gasteiger partial charge in [-0.1, -0.05) is 35.9 Å². The summed E-state index contributed by atoms with van der Waals surface area (Å²) in [4.78, 5) is 12.0. The van der Waals surface area contributed by atoms with Crippen molar-refractivity contribution in [2.24, 2.45) is 0 Å². The summed E-state index contributed by atoms with van der Waals surface area (Å²) in [6, 6.07) is 13.6. The molecule has 2 N–H and O–H groups in total. The molecule has 0 atom stereocenters. The highest BCUT2D eigenvalue weighted by Gasteiger charge is 2.08. The van der Waals surface area contributed by atoms with Gasteiger partial charge in [0, 0.05) is 18.5 Å². The van der Waals surface area contributed by atoms with Gasteiger partial charge in [0.25, 0.3) is 0 Å². The number of urea groups is 1. The van der Waals surface area contributed by atoms with Crippen molar-refractivity contribution in [3.05, 3.63) is 59.7 Å². The Morgan fingerprint density at radius 2 is 1.82 bits per heavy atom. The molecule has 0 radical (unpaired) electrons. The molecular formula is C16H18N2O3S. The second-order valence-corrected chi connectivity index (χ2v) is 7.11. The fourth-order valence-electron chi connectivity index (χ4n) is 1.98. The Balaban J connectivity index is 1.98. The second kappa shape index (κ2) is 6.62. The minimum Gasteiger partial charge on any atom is -0.334 e. The zero-order valence-corrected chi connectivity index (χ0v) is 13.3. The molecule has 0 aliphatic heterocycles. The van der Waals surface area contributed by atoms with Crippen molar-refractivity contribution in [1.29, 1.82) is 0 Å². The zero-order chi connectivity index (χ0) is 16.2. The van der Waals surface area contributed by atoms with Gasteiger partial charge >= 0.3 is 6.03 Å². The monoisotopic (exact) mass is 318 g/mol. The fraction of sp³-hybridized carbons (Fsp3) is 0.188. The molecule has 2 rings (SSSR count). The van der Waals surface area contributed by atoms with E-state index in [4.69, 9.17) is 0 Å². The Kier molecular flexibility index (Phi) is 4.82. The van der Waals surface area contributed by atoms with Crippen LogP contribution in [0.4, 0.5) is 10.5 Å². The molecule has 2 amide bonds. The molecule has 0 fully saturated rings. The van der Waals surface area contributed by atoms with Crippen molar-refractivity contribution in [2.75, 3.05) is 11.6 Å². The number of amides is 2. The highest BCUT2D eigenvalue weighted by atomic mass is 32.2. The van der Waals surface area contributed by atoms with Crippen LogP contribution < -0.4 is 10.6 Å². The summed E-state index contributed by atoms with van der Waals surface area (Å²) >= 11 is 0. The van der Waals surface area contributed by atoms with Gasteiger partial charge in [-0.25, -0.2) is 13.2 Å². The highest BCUT2D eigenvalue weighted by molar-refractivity contribution is 7.90. The maximum absolute atomic E-state index is 11.9. The topological polar surface area (TPSA) is 75.3 Å². The largest absolute Gasteiger partial charge is 0.334 e. The number of hydrogen-bond acceptors (Lipinski definition) is 3. The van der Waals surface area contributed by atoms with Crippen LogP contribution in [0.1, 0.15) is 11.1 Å². The van der Waals surface area contributed by atoms with Gasteiger partial charge in [0.1, 0.15) is 0 Å². The van der Waals surface area contributed by atoms with E-state index in [0.29, 0.717) is 12.2 Å². The van der Waals surface area contributed by atoms with E-state index in [1.165, 1.54) is 12.1 Å². The first-order chi connectivity index (χ1) is 10.3. The molecule has 0 aliphatic rings. The molecule has 0 heterocycles. The van der Waals surface area contributed by atoms with Crippen LogP contribution in [-0.4, -0.2) is 20.7 Å². The molecule has 22 heavy (non-hydrogen) atoms. The van der Waals surface area contributed by atoms with Crippen LogP contribution in [0.3, 0.4) is 0 Å². The third kappa shape index (κ3) is 4.60. The van der Waals surface area contributed by atoms with Crippen molar-refractivity contribution < 1.29 is 13.2 Å². The van der Waals surface area contributed by atoms with Crippen molar-refractivity contribution in [3.63, 3.8) is 0 Å². The van der Waals surface area contributed by atoms with E-state index in [1.807, 2.05) is 31.2 Å². The molecule has 116 valence electrons.